The average Bonchev–Trinajstić information content (AvgIpc) is 2.35. The Morgan fingerprint density at radius 2 is 2.00 bits per heavy atom. The molecule has 2 saturated heterocycles. The first-order chi connectivity index (χ1) is 8.71. The van der Waals surface area contributed by atoms with Crippen molar-refractivity contribution in [2.45, 2.75) is 44.7 Å². The van der Waals surface area contributed by atoms with Crippen molar-refractivity contribution < 1.29 is 18.0 Å². The molecule has 7 heteroatoms. The Kier molecular flexibility index (Phi) is 3.59. The van der Waals surface area contributed by atoms with E-state index in [0.29, 0.717) is 19.4 Å². The van der Waals surface area contributed by atoms with Crippen LogP contribution in [0.1, 0.15) is 33.1 Å². The van der Waals surface area contributed by atoms with Gasteiger partial charge in [-0.2, -0.15) is 0 Å². The molecule has 2 fully saturated rings. The molecule has 2 aliphatic heterocycles. The van der Waals surface area contributed by atoms with Crippen molar-refractivity contribution in [3.8, 4) is 0 Å². The molecule has 2 aliphatic rings. The molecule has 1 N–H and O–H groups in total. The molecule has 19 heavy (non-hydrogen) atoms. The molecule has 0 radical (unpaired) electrons. The van der Waals surface area contributed by atoms with Crippen LogP contribution in [0.5, 0.6) is 0 Å². The highest BCUT2D eigenvalue weighted by molar-refractivity contribution is 7.91. The fourth-order valence-electron chi connectivity index (χ4n) is 2.74. The van der Waals surface area contributed by atoms with Gasteiger partial charge in [-0.3, -0.25) is 9.59 Å². The summed E-state index contributed by atoms with van der Waals surface area (Å²) in [5.74, 6) is -0.144. The lowest BCUT2D eigenvalue weighted by Gasteiger charge is -2.36. The Morgan fingerprint density at radius 1 is 1.32 bits per heavy atom. The maximum absolute atomic E-state index is 12.4. The van der Waals surface area contributed by atoms with E-state index in [1.54, 1.807) is 18.7 Å². The van der Waals surface area contributed by atoms with Crippen molar-refractivity contribution in [3.63, 3.8) is 0 Å². The monoisotopic (exact) mass is 288 g/mol. The van der Waals surface area contributed by atoms with Crippen LogP contribution < -0.4 is 5.32 Å². The van der Waals surface area contributed by atoms with E-state index in [1.807, 2.05) is 0 Å². The number of amides is 2. The first-order valence-corrected chi connectivity index (χ1v) is 8.36. The van der Waals surface area contributed by atoms with E-state index in [0.717, 1.165) is 0 Å². The summed E-state index contributed by atoms with van der Waals surface area (Å²) in [6.07, 6.45) is 1.50. The number of nitrogens with one attached hydrogen (secondary N) is 1. The Morgan fingerprint density at radius 3 is 2.63 bits per heavy atom. The summed E-state index contributed by atoms with van der Waals surface area (Å²) in [6, 6.07) is -0.293. The highest BCUT2D eigenvalue weighted by atomic mass is 32.2. The first kappa shape index (κ1) is 14.3. The van der Waals surface area contributed by atoms with Gasteiger partial charge in [0.1, 0.15) is 5.54 Å². The summed E-state index contributed by atoms with van der Waals surface area (Å²) in [5.41, 5.74) is -0.963. The Hall–Kier alpha value is -1.11. The number of hydrogen-bond donors (Lipinski definition) is 1. The third-order valence-electron chi connectivity index (χ3n) is 3.71. The molecule has 0 aromatic rings. The molecule has 2 heterocycles. The smallest absolute Gasteiger partial charge is 0.248 e. The van der Waals surface area contributed by atoms with E-state index in [9.17, 15) is 18.0 Å². The Bertz CT molecular complexity index is 498. The van der Waals surface area contributed by atoms with Crippen LogP contribution in [0.3, 0.4) is 0 Å². The number of nitrogens with zero attached hydrogens (tertiary/aromatic N) is 1. The predicted octanol–water partition coefficient (Wildman–Crippen LogP) is -0.309. The van der Waals surface area contributed by atoms with Gasteiger partial charge in [-0.1, -0.05) is 0 Å². The SMILES string of the molecule is CC1(C)NC(=O)CCN(C2CCCS(=O)(=O)C2)C1=O. The summed E-state index contributed by atoms with van der Waals surface area (Å²) in [6.45, 7) is 3.61. The van der Waals surface area contributed by atoms with Gasteiger partial charge >= 0.3 is 0 Å². The zero-order valence-electron chi connectivity index (χ0n) is 11.3. The highest BCUT2D eigenvalue weighted by Gasteiger charge is 2.41. The van der Waals surface area contributed by atoms with Gasteiger partial charge in [-0.25, -0.2) is 8.42 Å². The lowest BCUT2D eigenvalue weighted by atomic mass is 10.0. The van der Waals surface area contributed by atoms with E-state index >= 15 is 0 Å². The molecule has 2 amide bonds. The second-order valence-corrected chi connectivity index (χ2v) is 8.06. The first-order valence-electron chi connectivity index (χ1n) is 6.54. The second-order valence-electron chi connectivity index (χ2n) is 5.83. The molecule has 0 aromatic heterocycles. The van der Waals surface area contributed by atoms with Crippen molar-refractivity contribution >= 4 is 21.7 Å². The lowest BCUT2D eigenvalue weighted by molar-refractivity contribution is -0.139. The van der Waals surface area contributed by atoms with Crippen molar-refractivity contribution in [2.24, 2.45) is 0 Å². The zero-order chi connectivity index (χ0) is 14.3. The van der Waals surface area contributed by atoms with E-state index in [4.69, 9.17) is 0 Å². The molecule has 2 rings (SSSR count). The quantitative estimate of drug-likeness (QED) is 0.717. The zero-order valence-corrected chi connectivity index (χ0v) is 12.1. The van der Waals surface area contributed by atoms with Crippen molar-refractivity contribution in [2.75, 3.05) is 18.1 Å². The molecular weight excluding hydrogens is 268 g/mol. The van der Waals surface area contributed by atoms with Gasteiger partial charge in [0.25, 0.3) is 0 Å². The van der Waals surface area contributed by atoms with E-state index in [2.05, 4.69) is 5.32 Å². The van der Waals surface area contributed by atoms with Crippen LogP contribution in [0, 0.1) is 0 Å². The van der Waals surface area contributed by atoms with E-state index in [1.165, 1.54) is 0 Å². The van der Waals surface area contributed by atoms with Crippen LogP contribution >= 0.6 is 0 Å². The standard InChI is InChI=1S/C12H20N2O4S/c1-12(2)11(16)14(6-5-10(15)13-12)9-4-3-7-19(17,18)8-9/h9H,3-8H2,1-2H3,(H,13,15). The van der Waals surface area contributed by atoms with E-state index in [-0.39, 0.29) is 35.8 Å². The summed E-state index contributed by atoms with van der Waals surface area (Å²) in [5, 5.41) is 2.68. The maximum atomic E-state index is 12.4. The fourth-order valence-corrected chi connectivity index (χ4v) is 4.45. The third-order valence-corrected chi connectivity index (χ3v) is 5.51. The van der Waals surface area contributed by atoms with Gasteiger partial charge in [0.15, 0.2) is 9.84 Å². The summed E-state index contributed by atoms with van der Waals surface area (Å²) in [4.78, 5) is 25.6. The molecule has 0 spiro atoms. The van der Waals surface area contributed by atoms with Crippen LogP contribution in [-0.4, -0.2) is 54.8 Å². The molecule has 0 bridgehead atoms. The van der Waals surface area contributed by atoms with E-state index < -0.39 is 15.4 Å². The molecular formula is C12H20N2O4S. The largest absolute Gasteiger partial charge is 0.342 e. The third kappa shape index (κ3) is 3.08. The normalized spacial score (nSPS) is 30.6. The van der Waals surface area contributed by atoms with Gasteiger partial charge in [0.05, 0.1) is 11.5 Å². The molecule has 0 aliphatic carbocycles. The van der Waals surface area contributed by atoms with Gasteiger partial charge in [0.2, 0.25) is 11.8 Å². The van der Waals surface area contributed by atoms with Crippen molar-refractivity contribution in [1.29, 1.82) is 0 Å². The van der Waals surface area contributed by atoms with Gasteiger partial charge < -0.3 is 10.2 Å². The van der Waals surface area contributed by atoms with Gasteiger partial charge in [-0.15, -0.1) is 0 Å². The van der Waals surface area contributed by atoms with Crippen molar-refractivity contribution in [1.82, 2.24) is 10.2 Å². The van der Waals surface area contributed by atoms with Gasteiger partial charge in [0, 0.05) is 19.0 Å². The minimum absolute atomic E-state index is 0.0169. The fraction of sp³-hybridized carbons (Fsp3) is 0.833. The van der Waals surface area contributed by atoms with Crippen LogP contribution in [-0.2, 0) is 19.4 Å². The molecule has 108 valence electrons. The molecule has 1 atom stereocenters. The van der Waals surface area contributed by atoms with Crippen LogP contribution in [0.15, 0.2) is 0 Å². The highest BCUT2D eigenvalue weighted by Crippen LogP contribution is 2.22. The Balaban J connectivity index is 2.23. The maximum Gasteiger partial charge on any atom is 0.248 e. The number of sulfone groups is 1. The van der Waals surface area contributed by atoms with Crippen LogP contribution in [0.2, 0.25) is 0 Å². The average molecular weight is 288 g/mol. The number of carbonyl (C=O) groups excluding carboxylic acids is 2. The minimum Gasteiger partial charge on any atom is -0.342 e. The summed E-state index contributed by atoms with van der Waals surface area (Å²) in [7, 11) is -3.07. The molecule has 0 aromatic carbocycles. The van der Waals surface area contributed by atoms with Crippen LogP contribution in [0.4, 0.5) is 0 Å². The number of rotatable bonds is 1. The second kappa shape index (κ2) is 4.77. The molecule has 0 saturated carbocycles. The topological polar surface area (TPSA) is 83.6 Å². The summed E-state index contributed by atoms with van der Waals surface area (Å²) >= 11 is 0. The Labute approximate surface area is 113 Å². The molecule has 6 nitrogen and oxygen atoms in total. The summed E-state index contributed by atoms with van der Waals surface area (Å²) < 4.78 is 23.4. The number of hydrogen-bond acceptors (Lipinski definition) is 4. The van der Waals surface area contributed by atoms with Crippen LogP contribution in [0.25, 0.3) is 0 Å². The lowest BCUT2D eigenvalue weighted by Crippen LogP contribution is -2.56. The predicted molar refractivity (Wildman–Crippen MR) is 70.2 cm³/mol. The van der Waals surface area contributed by atoms with Gasteiger partial charge in [-0.05, 0) is 26.7 Å². The number of carbonyl (C=O) groups is 2. The molecule has 1 unspecified atom stereocenters. The minimum atomic E-state index is -3.07. The van der Waals surface area contributed by atoms with Crippen molar-refractivity contribution in [3.05, 3.63) is 0 Å².